The van der Waals surface area contributed by atoms with Gasteiger partial charge in [-0.05, 0) is 18.2 Å². The highest BCUT2D eigenvalue weighted by Gasteiger charge is 2.17. The highest BCUT2D eigenvalue weighted by molar-refractivity contribution is 7.89. The van der Waals surface area contributed by atoms with Gasteiger partial charge in [0.1, 0.15) is 0 Å². The largest absolute Gasteiger partial charge is 0.332 e. The molecule has 0 fully saturated rings. The third-order valence-electron chi connectivity index (χ3n) is 1.73. The van der Waals surface area contributed by atoms with Crippen molar-refractivity contribution in [1.82, 2.24) is 4.72 Å². The Kier molecular flexibility index (Phi) is 3.66. The van der Waals surface area contributed by atoms with Crippen molar-refractivity contribution in [3.05, 3.63) is 24.3 Å². The molecule has 0 heterocycles. The van der Waals surface area contributed by atoms with Crippen molar-refractivity contribution in [2.24, 2.45) is 0 Å². The molecule has 16 heavy (non-hydrogen) atoms. The number of nitrogens with one attached hydrogen (secondary N) is 1. The Morgan fingerprint density at radius 3 is 2.25 bits per heavy atom. The van der Waals surface area contributed by atoms with Gasteiger partial charge in [0.2, 0.25) is 10.0 Å². The Labute approximate surface area is 93.6 Å². The van der Waals surface area contributed by atoms with Gasteiger partial charge in [-0.15, -0.1) is 3.89 Å². The van der Waals surface area contributed by atoms with Gasteiger partial charge in [0.05, 0.1) is 9.79 Å². The van der Waals surface area contributed by atoms with Gasteiger partial charge in [-0.25, -0.2) is 13.1 Å². The van der Waals surface area contributed by atoms with Crippen LogP contribution in [0, 0.1) is 0 Å². The summed E-state index contributed by atoms with van der Waals surface area (Å²) in [6.07, 6.45) is 0. The van der Waals surface area contributed by atoms with Crippen LogP contribution in [0.1, 0.15) is 6.92 Å². The Balaban J connectivity index is 3.29. The first-order chi connectivity index (χ1) is 7.27. The van der Waals surface area contributed by atoms with Crippen LogP contribution in [-0.4, -0.2) is 23.4 Å². The van der Waals surface area contributed by atoms with Crippen LogP contribution in [0.5, 0.6) is 0 Å². The molecule has 0 aromatic heterocycles. The van der Waals surface area contributed by atoms with Crippen LogP contribution in [0.25, 0.3) is 0 Å². The van der Waals surface area contributed by atoms with Gasteiger partial charge < -0.3 is 0 Å². The van der Waals surface area contributed by atoms with Crippen LogP contribution >= 0.6 is 0 Å². The van der Waals surface area contributed by atoms with Gasteiger partial charge in [0.15, 0.2) is 0 Å². The molecule has 0 aliphatic heterocycles. The van der Waals surface area contributed by atoms with E-state index in [9.17, 15) is 20.7 Å². The summed E-state index contributed by atoms with van der Waals surface area (Å²) < 4.78 is 58.9. The van der Waals surface area contributed by atoms with Crippen molar-refractivity contribution in [2.45, 2.75) is 16.7 Å². The minimum absolute atomic E-state index is 0.162. The average Bonchev–Trinajstić information content (AvgIpc) is 2.16. The molecule has 1 aromatic rings. The van der Waals surface area contributed by atoms with Crippen LogP contribution in [-0.2, 0) is 20.2 Å². The molecule has 8 heteroatoms. The number of sulfonamides is 1. The summed E-state index contributed by atoms with van der Waals surface area (Å²) >= 11 is 0. The topological polar surface area (TPSA) is 80.3 Å². The van der Waals surface area contributed by atoms with E-state index in [1.807, 2.05) is 0 Å². The van der Waals surface area contributed by atoms with E-state index in [2.05, 4.69) is 4.72 Å². The number of hydrogen-bond acceptors (Lipinski definition) is 4. The molecule has 0 atom stereocenters. The third-order valence-corrected chi connectivity index (χ3v) is 4.09. The molecule has 0 saturated carbocycles. The molecule has 90 valence electrons. The molecule has 0 amide bonds. The van der Waals surface area contributed by atoms with Crippen LogP contribution in [0.3, 0.4) is 0 Å². The standard InChI is InChI=1S/C8H10FNO4S2/c1-2-10-16(13,14)8-5-3-4-7(6-8)15(9,11)12/h3-6,10H,2H2,1H3. The van der Waals surface area contributed by atoms with E-state index < -0.39 is 25.1 Å². The molecule has 0 spiro atoms. The maximum Gasteiger partial charge on any atom is 0.332 e. The molecule has 5 nitrogen and oxygen atoms in total. The minimum atomic E-state index is -4.89. The van der Waals surface area contributed by atoms with Crippen LogP contribution < -0.4 is 4.72 Å². The lowest BCUT2D eigenvalue weighted by Crippen LogP contribution is -2.23. The third kappa shape index (κ3) is 3.00. The van der Waals surface area contributed by atoms with Crippen LogP contribution in [0.15, 0.2) is 34.1 Å². The van der Waals surface area contributed by atoms with Gasteiger partial charge in [-0.2, -0.15) is 8.42 Å². The first-order valence-corrected chi connectivity index (χ1v) is 7.18. The van der Waals surface area contributed by atoms with E-state index in [1.54, 1.807) is 6.92 Å². The second-order valence-electron chi connectivity index (χ2n) is 2.91. The molecular formula is C8H10FNO4S2. The normalized spacial score (nSPS) is 12.6. The summed E-state index contributed by atoms with van der Waals surface area (Å²) in [5.41, 5.74) is 0. The number of rotatable bonds is 4. The Morgan fingerprint density at radius 2 is 1.75 bits per heavy atom. The van der Waals surface area contributed by atoms with E-state index in [0.29, 0.717) is 0 Å². The molecule has 1 N–H and O–H groups in total. The second kappa shape index (κ2) is 4.48. The minimum Gasteiger partial charge on any atom is -0.211 e. The summed E-state index contributed by atoms with van der Waals surface area (Å²) in [6, 6.07) is 4.11. The van der Waals surface area contributed by atoms with Crippen molar-refractivity contribution >= 4 is 20.2 Å². The monoisotopic (exact) mass is 267 g/mol. The predicted molar refractivity (Wildman–Crippen MR) is 55.6 cm³/mol. The highest BCUT2D eigenvalue weighted by atomic mass is 32.3. The fourth-order valence-corrected chi connectivity index (χ4v) is 2.74. The van der Waals surface area contributed by atoms with Crippen molar-refractivity contribution < 1.29 is 20.7 Å². The Hall–Kier alpha value is -0.990. The van der Waals surface area contributed by atoms with Gasteiger partial charge in [-0.1, -0.05) is 13.0 Å². The molecule has 1 rings (SSSR count). The first kappa shape index (κ1) is 13.1. The molecule has 0 unspecified atom stereocenters. The zero-order valence-corrected chi connectivity index (χ0v) is 9.98. The smallest absolute Gasteiger partial charge is 0.211 e. The lowest BCUT2D eigenvalue weighted by molar-refractivity contribution is 0.551. The first-order valence-electron chi connectivity index (χ1n) is 4.32. The van der Waals surface area contributed by atoms with Gasteiger partial charge in [0, 0.05) is 6.54 Å². The Bertz CT molecular complexity index is 580. The zero-order chi connectivity index (χ0) is 12.4. The molecule has 0 aliphatic rings. The summed E-state index contributed by atoms with van der Waals surface area (Å²) in [7, 11) is -8.67. The van der Waals surface area contributed by atoms with Crippen molar-refractivity contribution in [3.63, 3.8) is 0 Å². The lowest BCUT2D eigenvalue weighted by Gasteiger charge is -2.04. The SMILES string of the molecule is CCNS(=O)(=O)c1cccc(S(=O)(=O)F)c1. The van der Waals surface area contributed by atoms with Crippen LogP contribution in [0.4, 0.5) is 3.89 Å². The molecule has 0 saturated heterocycles. The van der Waals surface area contributed by atoms with Crippen LogP contribution in [0.2, 0.25) is 0 Å². The second-order valence-corrected chi connectivity index (χ2v) is 6.03. The number of hydrogen-bond donors (Lipinski definition) is 1. The number of halogens is 1. The number of benzene rings is 1. The van der Waals surface area contributed by atoms with Crippen molar-refractivity contribution in [3.8, 4) is 0 Å². The van der Waals surface area contributed by atoms with Gasteiger partial charge >= 0.3 is 10.2 Å². The predicted octanol–water partition coefficient (Wildman–Crippen LogP) is 0.643. The molecule has 0 aliphatic carbocycles. The summed E-state index contributed by atoms with van der Waals surface area (Å²) in [6.45, 7) is 1.74. The fourth-order valence-electron chi connectivity index (χ4n) is 1.07. The van der Waals surface area contributed by atoms with E-state index in [-0.39, 0.29) is 11.4 Å². The quantitative estimate of drug-likeness (QED) is 0.812. The van der Waals surface area contributed by atoms with Gasteiger partial charge in [-0.3, -0.25) is 0 Å². The maximum absolute atomic E-state index is 12.6. The average molecular weight is 267 g/mol. The van der Waals surface area contributed by atoms with E-state index in [4.69, 9.17) is 0 Å². The zero-order valence-electron chi connectivity index (χ0n) is 8.34. The molecule has 0 bridgehead atoms. The van der Waals surface area contributed by atoms with E-state index in [0.717, 1.165) is 18.2 Å². The van der Waals surface area contributed by atoms with E-state index in [1.165, 1.54) is 6.07 Å². The molecule has 1 aromatic carbocycles. The van der Waals surface area contributed by atoms with Gasteiger partial charge in [0.25, 0.3) is 0 Å². The summed E-state index contributed by atoms with van der Waals surface area (Å²) in [5, 5.41) is 0. The van der Waals surface area contributed by atoms with Crippen molar-refractivity contribution in [2.75, 3.05) is 6.54 Å². The highest BCUT2D eigenvalue weighted by Crippen LogP contribution is 2.17. The lowest BCUT2D eigenvalue weighted by atomic mass is 10.4. The summed E-state index contributed by atoms with van der Waals surface area (Å²) in [5.74, 6) is 0. The Morgan fingerprint density at radius 1 is 1.19 bits per heavy atom. The molecule has 0 radical (unpaired) electrons. The van der Waals surface area contributed by atoms with E-state index >= 15 is 0 Å². The molecular weight excluding hydrogens is 257 g/mol. The fraction of sp³-hybridized carbons (Fsp3) is 0.250. The maximum atomic E-state index is 12.6. The van der Waals surface area contributed by atoms with Crippen molar-refractivity contribution in [1.29, 1.82) is 0 Å². The summed E-state index contributed by atoms with van der Waals surface area (Å²) in [4.78, 5) is -0.959.